The number of ether oxygens (including phenoxy) is 1. The zero-order valence-corrected chi connectivity index (χ0v) is 24.0. The summed E-state index contributed by atoms with van der Waals surface area (Å²) in [7, 11) is 0. The molecule has 0 radical (unpaired) electrons. The molecule has 0 saturated heterocycles. The van der Waals surface area contributed by atoms with Crippen LogP contribution < -0.4 is 10.1 Å². The molecule has 0 aromatic heterocycles. The van der Waals surface area contributed by atoms with Crippen LogP contribution in [0.25, 0.3) is 0 Å². The van der Waals surface area contributed by atoms with Crippen molar-refractivity contribution in [2.75, 3.05) is 13.2 Å². The zero-order chi connectivity index (χ0) is 27.0. The molecular formula is C31H37BrN2O3. The van der Waals surface area contributed by atoms with Gasteiger partial charge in [0.05, 0.1) is 4.47 Å². The first-order valence-electron chi connectivity index (χ1n) is 12.7. The van der Waals surface area contributed by atoms with Crippen molar-refractivity contribution in [2.45, 2.75) is 59.0 Å². The molecule has 3 aromatic rings. The van der Waals surface area contributed by atoms with Gasteiger partial charge in [-0.1, -0.05) is 87.0 Å². The normalized spacial score (nSPS) is 12.1. The van der Waals surface area contributed by atoms with Gasteiger partial charge < -0.3 is 15.0 Å². The summed E-state index contributed by atoms with van der Waals surface area (Å²) in [6, 6.07) is 23.0. The summed E-state index contributed by atoms with van der Waals surface area (Å²) in [5, 5.41) is 2.92. The second-order valence-corrected chi connectivity index (χ2v) is 11.1. The molecule has 3 aromatic carbocycles. The van der Waals surface area contributed by atoms with E-state index in [4.69, 9.17) is 4.74 Å². The first-order valence-corrected chi connectivity index (χ1v) is 13.5. The van der Waals surface area contributed by atoms with Crippen LogP contribution in [0.2, 0.25) is 0 Å². The Bertz CT molecular complexity index is 1200. The quantitative estimate of drug-likeness (QED) is 0.318. The lowest BCUT2D eigenvalue weighted by atomic mass is 9.87. The van der Waals surface area contributed by atoms with Crippen LogP contribution in [0.15, 0.2) is 77.3 Å². The highest BCUT2D eigenvalue weighted by atomic mass is 79.9. The van der Waals surface area contributed by atoms with Crippen molar-refractivity contribution in [3.8, 4) is 5.75 Å². The van der Waals surface area contributed by atoms with Gasteiger partial charge in [-0.3, -0.25) is 9.59 Å². The van der Waals surface area contributed by atoms with Crippen LogP contribution in [0.4, 0.5) is 0 Å². The molecule has 37 heavy (non-hydrogen) atoms. The summed E-state index contributed by atoms with van der Waals surface area (Å²) >= 11 is 3.59. The van der Waals surface area contributed by atoms with Crippen molar-refractivity contribution in [1.29, 1.82) is 0 Å². The summed E-state index contributed by atoms with van der Waals surface area (Å²) in [5.41, 5.74) is 4.22. The van der Waals surface area contributed by atoms with Crippen molar-refractivity contribution in [2.24, 2.45) is 0 Å². The highest BCUT2D eigenvalue weighted by Gasteiger charge is 2.30. The van der Waals surface area contributed by atoms with Crippen molar-refractivity contribution in [3.05, 3.63) is 99.5 Å². The van der Waals surface area contributed by atoms with Gasteiger partial charge in [-0.25, -0.2) is 0 Å². The molecule has 0 heterocycles. The predicted octanol–water partition coefficient (Wildman–Crippen LogP) is 6.21. The third kappa shape index (κ3) is 8.19. The number of hydrogen-bond donors (Lipinski definition) is 1. The number of likely N-dealkylation sites (N-methyl/N-ethyl adjacent to an activating group) is 1. The molecule has 1 N–H and O–H groups in total. The average Bonchev–Trinajstić information content (AvgIpc) is 2.85. The molecule has 0 fully saturated rings. The van der Waals surface area contributed by atoms with E-state index in [1.165, 1.54) is 5.56 Å². The Labute approximate surface area is 229 Å². The SMILES string of the molecule is CCNC(=O)C(Cc1ccccc1)N(Cc1cccc(C)c1)C(=O)COc1ccc(C(C)(C)C)cc1Br. The number of hydrogen-bond acceptors (Lipinski definition) is 3. The van der Waals surface area contributed by atoms with Gasteiger partial charge in [-0.05, 0) is 64.0 Å². The Morgan fingerprint density at radius 1 is 0.973 bits per heavy atom. The number of carbonyl (C=O) groups is 2. The van der Waals surface area contributed by atoms with Crippen molar-refractivity contribution in [3.63, 3.8) is 0 Å². The molecule has 0 spiro atoms. The van der Waals surface area contributed by atoms with E-state index in [-0.39, 0.29) is 23.8 Å². The van der Waals surface area contributed by atoms with Gasteiger partial charge in [-0.2, -0.15) is 0 Å². The van der Waals surface area contributed by atoms with Gasteiger partial charge in [0.1, 0.15) is 11.8 Å². The molecule has 6 heteroatoms. The zero-order valence-electron chi connectivity index (χ0n) is 22.4. The second-order valence-electron chi connectivity index (χ2n) is 10.3. The number of carbonyl (C=O) groups excluding carboxylic acids is 2. The Hall–Kier alpha value is -3.12. The molecule has 1 unspecified atom stereocenters. The molecule has 1 atom stereocenters. The van der Waals surface area contributed by atoms with E-state index in [0.29, 0.717) is 25.3 Å². The highest BCUT2D eigenvalue weighted by molar-refractivity contribution is 9.10. The fourth-order valence-corrected chi connectivity index (χ4v) is 4.65. The molecule has 0 saturated carbocycles. The number of nitrogens with one attached hydrogen (secondary N) is 1. The van der Waals surface area contributed by atoms with E-state index in [1.54, 1.807) is 4.90 Å². The van der Waals surface area contributed by atoms with Crippen LogP contribution in [0.3, 0.4) is 0 Å². The van der Waals surface area contributed by atoms with E-state index in [1.807, 2.05) is 86.6 Å². The Morgan fingerprint density at radius 3 is 2.30 bits per heavy atom. The summed E-state index contributed by atoms with van der Waals surface area (Å²) in [5.74, 6) is 0.165. The average molecular weight is 566 g/mol. The molecule has 2 amide bonds. The van der Waals surface area contributed by atoms with Crippen molar-refractivity contribution >= 4 is 27.7 Å². The topological polar surface area (TPSA) is 58.6 Å². The number of amides is 2. The van der Waals surface area contributed by atoms with Crippen LogP contribution >= 0.6 is 15.9 Å². The minimum absolute atomic E-state index is 0.00121. The standard InChI is InChI=1S/C31H37BrN2O3/c1-6-33-30(36)27(18-23-12-8-7-9-13-23)34(20-24-14-10-11-22(2)17-24)29(35)21-37-28-16-15-25(19-26(28)32)31(3,4)5/h7-17,19,27H,6,18,20-21H2,1-5H3,(H,33,36). The lowest BCUT2D eigenvalue weighted by Gasteiger charge is -2.31. The number of rotatable bonds is 10. The largest absolute Gasteiger partial charge is 0.483 e. The van der Waals surface area contributed by atoms with Gasteiger partial charge in [0.15, 0.2) is 6.61 Å². The molecule has 5 nitrogen and oxygen atoms in total. The molecule has 0 aliphatic heterocycles. The molecule has 0 aliphatic carbocycles. The minimum Gasteiger partial charge on any atom is -0.483 e. The van der Waals surface area contributed by atoms with E-state index >= 15 is 0 Å². The molecule has 3 rings (SSSR count). The van der Waals surface area contributed by atoms with Crippen molar-refractivity contribution < 1.29 is 14.3 Å². The van der Waals surface area contributed by atoms with E-state index in [0.717, 1.165) is 21.2 Å². The van der Waals surface area contributed by atoms with Gasteiger partial charge in [0.25, 0.3) is 5.91 Å². The van der Waals surface area contributed by atoms with Gasteiger partial charge in [0, 0.05) is 19.5 Å². The van der Waals surface area contributed by atoms with Gasteiger partial charge in [0.2, 0.25) is 5.91 Å². The van der Waals surface area contributed by atoms with E-state index < -0.39 is 6.04 Å². The first kappa shape index (κ1) is 28.5. The Balaban J connectivity index is 1.89. The number of benzene rings is 3. The highest BCUT2D eigenvalue weighted by Crippen LogP contribution is 2.31. The lowest BCUT2D eigenvalue weighted by Crippen LogP contribution is -2.51. The monoisotopic (exact) mass is 564 g/mol. The second kappa shape index (κ2) is 12.9. The van der Waals surface area contributed by atoms with Crippen molar-refractivity contribution in [1.82, 2.24) is 10.2 Å². The summed E-state index contributed by atoms with van der Waals surface area (Å²) in [4.78, 5) is 28.6. The third-order valence-corrected chi connectivity index (χ3v) is 6.83. The van der Waals surface area contributed by atoms with Crippen LogP contribution in [-0.2, 0) is 28.0 Å². The van der Waals surface area contributed by atoms with Gasteiger partial charge in [-0.15, -0.1) is 0 Å². The summed E-state index contributed by atoms with van der Waals surface area (Å²) in [6.07, 6.45) is 0.411. The molecule has 0 bridgehead atoms. The first-order chi connectivity index (χ1) is 17.6. The third-order valence-electron chi connectivity index (χ3n) is 6.21. The van der Waals surface area contributed by atoms with E-state index in [9.17, 15) is 9.59 Å². The number of halogens is 1. The summed E-state index contributed by atoms with van der Waals surface area (Å²) in [6.45, 7) is 11.0. The number of aryl methyl sites for hydroxylation is 1. The molecule has 0 aliphatic rings. The molecule has 196 valence electrons. The van der Waals surface area contributed by atoms with Crippen LogP contribution in [-0.4, -0.2) is 35.9 Å². The Kier molecular flexibility index (Phi) is 9.93. The fraction of sp³-hybridized carbons (Fsp3) is 0.355. The predicted molar refractivity (Wildman–Crippen MR) is 153 cm³/mol. The van der Waals surface area contributed by atoms with Crippen LogP contribution in [0.5, 0.6) is 5.75 Å². The number of nitrogens with zero attached hydrogens (tertiary/aromatic N) is 1. The summed E-state index contributed by atoms with van der Waals surface area (Å²) < 4.78 is 6.77. The molecular weight excluding hydrogens is 528 g/mol. The van der Waals surface area contributed by atoms with Crippen LogP contribution in [0.1, 0.15) is 49.9 Å². The Morgan fingerprint density at radius 2 is 1.68 bits per heavy atom. The fourth-order valence-electron chi connectivity index (χ4n) is 4.16. The van der Waals surface area contributed by atoms with E-state index in [2.05, 4.69) is 42.0 Å². The minimum atomic E-state index is -0.675. The maximum Gasteiger partial charge on any atom is 0.261 e. The smallest absolute Gasteiger partial charge is 0.261 e. The lowest BCUT2D eigenvalue weighted by molar-refractivity contribution is -0.142. The van der Waals surface area contributed by atoms with Gasteiger partial charge >= 0.3 is 0 Å². The van der Waals surface area contributed by atoms with Crippen LogP contribution in [0, 0.1) is 6.92 Å². The maximum atomic E-state index is 13.7. The maximum absolute atomic E-state index is 13.7.